The lowest BCUT2D eigenvalue weighted by Gasteiger charge is -2.34. The van der Waals surface area contributed by atoms with Gasteiger partial charge in [-0.25, -0.2) is 0 Å². The van der Waals surface area contributed by atoms with Crippen LogP contribution in [0, 0.1) is 0 Å². The van der Waals surface area contributed by atoms with Gasteiger partial charge in [-0.05, 0) is 88.7 Å². The Bertz CT molecular complexity index is 1400. The van der Waals surface area contributed by atoms with Crippen LogP contribution in [0.3, 0.4) is 0 Å². The van der Waals surface area contributed by atoms with E-state index in [0.717, 1.165) is 0 Å². The van der Waals surface area contributed by atoms with E-state index in [1.54, 1.807) is 0 Å². The molecule has 0 saturated carbocycles. The fraction of sp³-hybridized carbons (Fsp3) is 0.444. The minimum absolute atomic E-state index is 0.00256. The van der Waals surface area contributed by atoms with E-state index >= 15 is 0 Å². The van der Waals surface area contributed by atoms with Gasteiger partial charge in [0.2, 0.25) is 0 Å². The van der Waals surface area contributed by atoms with E-state index in [1.165, 1.54) is 54.9 Å². The molecule has 0 amide bonds. The largest absolute Gasteiger partial charge is 0.0616 e. The maximum atomic E-state index is 2.48. The van der Waals surface area contributed by atoms with Crippen molar-refractivity contribution in [3.05, 3.63) is 82.9 Å². The first kappa shape index (κ1) is 26.5. The Kier molecular flexibility index (Phi) is 6.23. The number of fused-ring (bicyclic) bond motifs is 2. The van der Waals surface area contributed by atoms with Gasteiger partial charge in [0.25, 0.3) is 0 Å². The molecule has 36 heavy (non-hydrogen) atoms. The first-order chi connectivity index (χ1) is 16.4. The summed E-state index contributed by atoms with van der Waals surface area (Å²) in [7, 11) is 0. The predicted octanol–water partition coefficient (Wildman–Crippen LogP) is 10.8. The monoisotopic (exact) mass is 478 g/mol. The van der Waals surface area contributed by atoms with Crippen LogP contribution in [0.2, 0.25) is 0 Å². The van der Waals surface area contributed by atoms with Crippen LogP contribution in [0.15, 0.2) is 60.7 Å². The zero-order chi connectivity index (χ0) is 26.8. The van der Waals surface area contributed by atoms with E-state index in [0.29, 0.717) is 0 Å². The van der Waals surface area contributed by atoms with E-state index in [1.807, 2.05) is 0 Å². The molecule has 0 aliphatic heterocycles. The van der Waals surface area contributed by atoms with E-state index < -0.39 is 0 Å². The first-order valence-electron chi connectivity index (χ1n) is 13.5. The predicted molar refractivity (Wildman–Crippen MR) is 162 cm³/mol. The number of benzene rings is 4. The summed E-state index contributed by atoms with van der Waals surface area (Å²) in [6.07, 6.45) is 0. The van der Waals surface area contributed by atoms with Crippen molar-refractivity contribution in [3.8, 4) is 11.1 Å². The Morgan fingerprint density at radius 3 is 1.39 bits per heavy atom. The number of hydrogen-bond acceptors (Lipinski definition) is 0. The van der Waals surface area contributed by atoms with E-state index in [2.05, 4.69) is 144 Å². The van der Waals surface area contributed by atoms with Crippen LogP contribution < -0.4 is 0 Å². The summed E-state index contributed by atoms with van der Waals surface area (Å²) in [4.78, 5) is 0. The minimum atomic E-state index is -0.00256. The number of rotatable bonds is 1. The van der Waals surface area contributed by atoms with E-state index in [9.17, 15) is 0 Å². The van der Waals surface area contributed by atoms with Gasteiger partial charge in [0, 0.05) is 0 Å². The summed E-state index contributed by atoms with van der Waals surface area (Å²) in [5.41, 5.74) is 8.67. The Balaban J connectivity index is 2.29. The van der Waals surface area contributed by atoms with Gasteiger partial charge in [-0.3, -0.25) is 0 Å². The van der Waals surface area contributed by atoms with Crippen molar-refractivity contribution in [2.45, 2.75) is 105 Å². The van der Waals surface area contributed by atoms with Gasteiger partial charge in [0.1, 0.15) is 0 Å². The molecule has 0 heteroatoms. The van der Waals surface area contributed by atoms with Crippen LogP contribution in [0.1, 0.15) is 105 Å². The van der Waals surface area contributed by atoms with Crippen LogP contribution in [-0.4, -0.2) is 0 Å². The highest BCUT2D eigenvalue weighted by atomic mass is 14.3. The molecule has 0 aliphatic carbocycles. The third kappa shape index (κ3) is 4.97. The SMILES string of the molecule is CC(C)(C)c1cc(-c2c(C(C)(C)C)c(C(C)(C)C)cc3cc4ccccc4cc23)cc(C(C)(C)C)c1. The van der Waals surface area contributed by atoms with Crippen LogP contribution in [0.4, 0.5) is 0 Å². The third-order valence-corrected chi connectivity index (χ3v) is 7.52. The summed E-state index contributed by atoms with van der Waals surface area (Å²) < 4.78 is 0. The van der Waals surface area contributed by atoms with Gasteiger partial charge in [0.05, 0.1) is 0 Å². The quantitative estimate of drug-likeness (QED) is 0.239. The molecule has 0 bridgehead atoms. The minimum Gasteiger partial charge on any atom is -0.0616 e. The Hall–Kier alpha value is -2.60. The molecule has 0 unspecified atom stereocenters. The van der Waals surface area contributed by atoms with Crippen LogP contribution in [-0.2, 0) is 21.7 Å². The van der Waals surface area contributed by atoms with E-state index in [4.69, 9.17) is 0 Å². The average Bonchev–Trinajstić information content (AvgIpc) is 2.73. The molecule has 0 atom stereocenters. The zero-order valence-electron chi connectivity index (χ0n) is 24.8. The second kappa shape index (κ2) is 8.47. The fourth-order valence-corrected chi connectivity index (χ4v) is 5.40. The topological polar surface area (TPSA) is 0 Å². The molecule has 0 N–H and O–H groups in total. The van der Waals surface area contributed by atoms with Gasteiger partial charge < -0.3 is 0 Å². The third-order valence-electron chi connectivity index (χ3n) is 7.52. The molecule has 190 valence electrons. The summed E-state index contributed by atoms with van der Waals surface area (Å²) in [6, 6.07) is 23.5. The van der Waals surface area contributed by atoms with Crippen molar-refractivity contribution in [2.75, 3.05) is 0 Å². The van der Waals surface area contributed by atoms with E-state index in [-0.39, 0.29) is 21.7 Å². The fourth-order valence-electron chi connectivity index (χ4n) is 5.40. The molecule has 0 saturated heterocycles. The zero-order valence-corrected chi connectivity index (χ0v) is 24.8. The van der Waals surface area contributed by atoms with Crippen molar-refractivity contribution in [2.24, 2.45) is 0 Å². The van der Waals surface area contributed by atoms with Crippen molar-refractivity contribution in [1.29, 1.82) is 0 Å². The smallest absolute Gasteiger partial charge is 0.00646 e. The van der Waals surface area contributed by atoms with Crippen LogP contribution >= 0.6 is 0 Å². The van der Waals surface area contributed by atoms with Gasteiger partial charge >= 0.3 is 0 Å². The van der Waals surface area contributed by atoms with Crippen molar-refractivity contribution >= 4 is 21.5 Å². The normalized spacial score (nSPS) is 13.6. The Labute approximate surface area is 220 Å². The number of hydrogen-bond donors (Lipinski definition) is 0. The van der Waals surface area contributed by atoms with Crippen molar-refractivity contribution < 1.29 is 0 Å². The van der Waals surface area contributed by atoms with Crippen LogP contribution in [0.5, 0.6) is 0 Å². The maximum Gasteiger partial charge on any atom is -0.00646 e. The lowest BCUT2D eigenvalue weighted by molar-refractivity contribution is 0.532. The molecule has 0 nitrogen and oxygen atoms in total. The lowest BCUT2D eigenvalue weighted by Crippen LogP contribution is -2.23. The Morgan fingerprint density at radius 1 is 0.444 bits per heavy atom. The van der Waals surface area contributed by atoms with Gasteiger partial charge in [-0.15, -0.1) is 0 Å². The summed E-state index contributed by atoms with van der Waals surface area (Å²) in [5.74, 6) is 0. The van der Waals surface area contributed by atoms with Crippen LogP contribution in [0.25, 0.3) is 32.7 Å². The molecule has 4 rings (SSSR count). The molecule has 0 spiro atoms. The molecular formula is C36H46. The maximum absolute atomic E-state index is 2.48. The van der Waals surface area contributed by atoms with Gasteiger partial charge in [-0.1, -0.05) is 132 Å². The molecule has 0 aromatic heterocycles. The lowest BCUT2D eigenvalue weighted by atomic mass is 9.69. The summed E-state index contributed by atoms with van der Waals surface area (Å²) in [5, 5.41) is 5.30. The molecular weight excluding hydrogens is 432 g/mol. The molecule has 0 aliphatic rings. The first-order valence-corrected chi connectivity index (χ1v) is 13.5. The summed E-state index contributed by atoms with van der Waals surface area (Å²) in [6.45, 7) is 28.2. The molecule has 0 radical (unpaired) electrons. The van der Waals surface area contributed by atoms with Crippen molar-refractivity contribution in [3.63, 3.8) is 0 Å². The highest BCUT2D eigenvalue weighted by molar-refractivity contribution is 6.07. The highest BCUT2D eigenvalue weighted by Gasteiger charge is 2.31. The molecule has 4 aromatic carbocycles. The second-order valence-electron chi connectivity index (χ2n) is 14.9. The Morgan fingerprint density at radius 2 is 0.944 bits per heavy atom. The molecule has 0 heterocycles. The van der Waals surface area contributed by atoms with Gasteiger partial charge in [-0.2, -0.15) is 0 Å². The standard InChI is InChI=1S/C36H46/c1-33(2,3)27-18-26(19-28(22-27)34(4,5)6)31-29-20-24-16-14-13-15-23(24)17-25(29)21-30(35(7,8)9)32(31)36(10,11)12/h13-22H,1-12H3. The molecule has 0 fully saturated rings. The second-order valence-corrected chi connectivity index (χ2v) is 14.9. The molecule has 4 aromatic rings. The highest BCUT2D eigenvalue weighted by Crippen LogP contribution is 2.47. The van der Waals surface area contributed by atoms with Gasteiger partial charge in [0.15, 0.2) is 0 Å². The average molecular weight is 479 g/mol. The summed E-state index contributed by atoms with van der Waals surface area (Å²) >= 11 is 0. The van der Waals surface area contributed by atoms with Crippen molar-refractivity contribution in [1.82, 2.24) is 0 Å².